The summed E-state index contributed by atoms with van der Waals surface area (Å²) in [7, 11) is 2.06. The van der Waals surface area contributed by atoms with E-state index < -0.39 is 0 Å². The molecule has 1 aromatic rings. The molecule has 0 bridgehead atoms. The molecule has 2 rings (SSSR count). The molecule has 82 valence electrons. The van der Waals surface area contributed by atoms with E-state index in [1.54, 1.807) is 6.07 Å². The van der Waals surface area contributed by atoms with Crippen LogP contribution >= 0.6 is 0 Å². The summed E-state index contributed by atoms with van der Waals surface area (Å²) in [6, 6.07) is 5.42. The van der Waals surface area contributed by atoms with Crippen molar-refractivity contribution in [3.8, 4) is 0 Å². The molecule has 0 saturated carbocycles. The summed E-state index contributed by atoms with van der Waals surface area (Å²) in [5.74, 6) is 0.286. The molecule has 0 aliphatic carbocycles. The maximum atomic E-state index is 13.1. The van der Waals surface area contributed by atoms with Crippen molar-refractivity contribution in [1.29, 1.82) is 0 Å². The molecule has 0 fully saturated rings. The normalized spacial score (nSPS) is 21.6. The summed E-state index contributed by atoms with van der Waals surface area (Å²) in [6.45, 7) is 2.81. The van der Waals surface area contributed by atoms with Gasteiger partial charge in [-0.2, -0.15) is 0 Å². The molecule has 0 saturated heterocycles. The molecule has 0 aromatic heterocycles. The molecule has 2 N–H and O–H groups in total. The Morgan fingerprint density at radius 2 is 2.33 bits per heavy atom. The molecule has 2 atom stereocenters. The summed E-state index contributed by atoms with van der Waals surface area (Å²) < 4.78 is 13.1. The third kappa shape index (κ3) is 1.72. The van der Waals surface area contributed by atoms with E-state index in [9.17, 15) is 4.39 Å². The van der Waals surface area contributed by atoms with Crippen LogP contribution in [0.15, 0.2) is 18.2 Å². The van der Waals surface area contributed by atoms with Crippen LogP contribution in [-0.2, 0) is 6.42 Å². The molecule has 2 nitrogen and oxygen atoms in total. The van der Waals surface area contributed by atoms with Crippen molar-refractivity contribution in [3.05, 3.63) is 29.6 Å². The molecule has 0 radical (unpaired) electrons. The van der Waals surface area contributed by atoms with E-state index in [0.717, 1.165) is 17.7 Å². The Hall–Kier alpha value is -1.09. The van der Waals surface area contributed by atoms with Crippen molar-refractivity contribution in [3.63, 3.8) is 0 Å². The predicted molar refractivity (Wildman–Crippen MR) is 60.5 cm³/mol. The lowest BCUT2D eigenvalue weighted by Crippen LogP contribution is -2.37. The maximum Gasteiger partial charge on any atom is 0.123 e. The molecular weight excluding hydrogens is 191 g/mol. The minimum Gasteiger partial charge on any atom is -0.371 e. The van der Waals surface area contributed by atoms with E-state index in [1.807, 2.05) is 6.07 Å². The number of benzene rings is 1. The zero-order chi connectivity index (χ0) is 11.0. The van der Waals surface area contributed by atoms with Gasteiger partial charge in [0, 0.05) is 18.8 Å². The topological polar surface area (TPSA) is 29.3 Å². The van der Waals surface area contributed by atoms with Gasteiger partial charge in [0.25, 0.3) is 0 Å². The Balaban J connectivity index is 2.28. The summed E-state index contributed by atoms with van der Waals surface area (Å²) >= 11 is 0. The number of anilines is 1. The average molecular weight is 208 g/mol. The monoisotopic (exact) mass is 208 g/mol. The number of halogens is 1. The second-order valence-corrected chi connectivity index (χ2v) is 4.37. The van der Waals surface area contributed by atoms with Crippen LogP contribution in [0.4, 0.5) is 10.1 Å². The number of likely N-dealkylation sites (N-methyl/N-ethyl adjacent to an activating group) is 1. The second kappa shape index (κ2) is 3.81. The number of hydrogen-bond donors (Lipinski definition) is 1. The van der Waals surface area contributed by atoms with Crippen molar-refractivity contribution in [2.75, 3.05) is 18.5 Å². The highest BCUT2D eigenvalue weighted by Gasteiger charge is 2.29. The zero-order valence-corrected chi connectivity index (χ0v) is 9.20. The van der Waals surface area contributed by atoms with E-state index in [2.05, 4.69) is 18.9 Å². The first-order valence-electron chi connectivity index (χ1n) is 5.35. The first-order valence-corrected chi connectivity index (χ1v) is 5.35. The van der Waals surface area contributed by atoms with Crippen molar-refractivity contribution < 1.29 is 4.39 Å². The van der Waals surface area contributed by atoms with Gasteiger partial charge >= 0.3 is 0 Å². The van der Waals surface area contributed by atoms with Crippen LogP contribution in [0.2, 0.25) is 0 Å². The second-order valence-electron chi connectivity index (χ2n) is 4.37. The van der Waals surface area contributed by atoms with Gasteiger partial charge in [0.2, 0.25) is 0 Å². The third-order valence-electron chi connectivity index (χ3n) is 3.38. The molecule has 3 heteroatoms. The van der Waals surface area contributed by atoms with Gasteiger partial charge in [-0.15, -0.1) is 0 Å². The van der Waals surface area contributed by atoms with Gasteiger partial charge in [0.05, 0.1) is 0 Å². The molecular formula is C12H17FN2. The first kappa shape index (κ1) is 10.4. The number of rotatable bonds is 2. The fraction of sp³-hybridized carbons (Fsp3) is 0.500. The summed E-state index contributed by atoms with van der Waals surface area (Å²) in [4.78, 5) is 2.21. The maximum absolute atomic E-state index is 13.1. The van der Waals surface area contributed by atoms with Crippen LogP contribution in [0.25, 0.3) is 0 Å². The van der Waals surface area contributed by atoms with Gasteiger partial charge in [-0.3, -0.25) is 0 Å². The van der Waals surface area contributed by atoms with Crippen molar-refractivity contribution >= 4 is 5.69 Å². The molecule has 1 aromatic carbocycles. The van der Waals surface area contributed by atoms with E-state index in [4.69, 9.17) is 5.73 Å². The van der Waals surface area contributed by atoms with Crippen LogP contribution in [-0.4, -0.2) is 19.6 Å². The molecule has 15 heavy (non-hydrogen) atoms. The number of hydrogen-bond acceptors (Lipinski definition) is 2. The van der Waals surface area contributed by atoms with Crippen LogP contribution < -0.4 is 10.6 Å². The molecule has 2 unspecified atom stereocenters. The van der Waals surface area contributed by atoms with Gasteiger partial charge in [-0.1, -0.05) is 6.92 Å². The van der Waals surface area contributed by atoms with Gasteiger partial charge in [-0.05, 0) is 42.6 Å². The highest BCUT2D eigenvalue weighted by atomic mass is 19.1. The fourth-order valence-corrected chi connectivity index (χ4v) is 2.34. The van der Waals surface area contributed by atoms with Crippen molar-refractivity contribution in [2.24, 2.45) is 11.7 Å². The van der Waals surface area contributed by atoms with Crippen LogP contribution in [0.1, 0.15) is 12.5 Å². The number of fused-ring (bicyclic) bond motifs is 1. The van der Waals surface area contributed by atoms with Crippen molar-refractivity contribution in [1.82, 2.24) is 0 Å². The minimum atomic E-state index is -0.150. The quantitative estimate of drug-likeness (QED) is 0.802. The van der Waals surface area contributed by atoms with E-state index >= 15 is 0 Å². The third-order valence-corrected chi connectivity index (χ3v) is 3.38. The Bertz CT molecular complexity index is 365. The summed E-state index contributed by atoms with van der Waals surface area (Å²) in [5.41, 5.74) is 7.92. The lowest BCUT2D eigenvalue weighted by molar-refractivity contribution is 0.462. The van der Waals surface area contributed by atoms with Gasteiger partial charge in [0.1, 0.15) is 5.82 Å². The van der Waals surface area contributed by atoms with E-state index in [1.165, 1.54) is 6.07 Å². The molecule has 0 spiro atoms. The minimum absolute atomic E-state index is 0.150. The van der Waals surface area contributed by atoms with Gasteiger partial charge in [0.15, 0.2) is 0 Å². The highest BCUT2D eigenvalue weighted by Crippen LogP contribution is 2.33. The van der Waals surface area contributed by atoms with E-state index in [-0.39, 0.29) is 5.82 Å². The fourth-order valence-electron chi connectivity index (χ4n) is 2.34. The smallest absolute Gasteiger partial charge is 0.123 e. The largest absolute Gasteiger partial charge is 0.371 e. The summed E-state index contributed by atoms with van der Waals surface area (Å²) in [6.07, 6.45) is 0.905. The lowest BCUT2D eigenvalue weighted by Gasteiger charge is -2.27. The average Bonchev–Trinajstić information content (AvgIpc) is 2.54. The highest BCUT2D eigenvalue weighted by molar-refractivity contribution is 5.59. The molecule has 1 aliphatic heterocycles. The van der Waals surface area contributed by atoms with Gasteiger partial charge < -0.3 is 10.6 Å². The van der Waals surface area contributed by atoms with E-state index in [0.29, 0.717) is 18.5 Å². The Morgan fingerprint density at radius 1 is 1.60 bits per heavy atom. The molecule has 0 amide bonds. The summed E-state index contributed by atoms with van der Waals surface area (Å²) in [5, 5.41) is 0. The SMILES string of the molecule is CC(CN)C1Cc2cc(F)ccc2N1C. The Morgan fingerprint density at radius 3 is 3.00 bits per heavy atom. The number of nitrogens with zero attached hydrogens (tertiary/aromatic N) is 1. The van der Waals surface area contributed by atoms with Crippen LogP contribution in [0.5, 0.6) is 0 Å². The van der Waals surface area contributed by atoms with Crippen LogP contribution in [0.3, 0.4) is 0 Å². The molecule has 1 heterocycles. The zero-order valence-electron chi connectivity index (χ0n) is 9.20. The standard InChI is InChI=1S/C12H17FN2/c1-8(7-14)12-6-9-5-10(13)3-4-11(9)15(12)2/h3-5,8,12H,6-7,14H2,1-2H3. The predicted octanol–water partition coefficient (Wildman–Crippen LogP) is 1.78. The Labute approximate surface area is 89.9 Å². The number of nitrogens with two attached hydrogens (primary N) is 1. The van der Waals surface area contributed by atoms with Crippen LogP contribution in [0, 0.1) is 11.7 Å². The first-order chi connectivity index (χ1) is 7.13. The van der Waals surface area contributed by atoms with Crippen molar-refractivity contribution in [2.45, 2.75) is 19.4 Å². The molecule has 1 aliphatic rings. The Kier molecular flexibility index (Phi) is 2.65. The van der Waals surface area contributed by atoms with Gasteiger partial charge in [-0.25, -0.2) is 4.39 Å². The lowest BCUT2D eigenvalue weighted by atomic mass is 9.98.